The minimum atomic E-state index is -0.745. The zero-order valence-electron chi connectivity index (χ0n) is 10.5. The van der Waals surface area contributed by atoms with Crippen LogP contribution in [0.1, 0.15) is 32.1 Å². The maximum Gasteiger partial charge on any atom is 0.199 e. The van der Waals surface area contributed by atoms with E-state index in [1.54, 1.807) is 0 Å². The Morgan fingerprint density at radius 1 is 1.44 bits per heavy atom. The zero-order chi connectivity index (χ0) is 13.1. The normalized spacial score (nSPS) is 28.7. The van der Waals surface area contributed by atoms with E-state index in [-0.39, 0.29) is 17.5 Å². The molecule has 0 bridgehead atoms. The van der Waals surface area contributed by atoms with E-state index in [4.69, 9.17) is 21.2 Å². The Morgan fingerprint density at radius 2 is 2.11 bits per heavy atom. The van der Waals surface area contributed by atoms with Crippen LogP contribution in [0.25, 0.3) is 0 Å². The molecule has 1 atom stereocenters. The van der Waals surface area contributed by atoms with Crippen LogP contribution in [0.15, 0.2) is 10.1 Å². The number of rotatable bonds is 2. The number of hydrogen-bond donors (Lipinski definition) is 3. The highest BCUT2D eigenvalue weighted by Gasteiger charge is 2.35. The fraction of sp³-hybridized carbons (Fsp3) is 0.727. The molecule has 1 heterocycles. The molecule has 0 spiro atoms. The van der Waals surface area contributed by atoms with Crippen LogP contribution in [0.4, 0.5) is 0 Å². The van der Waals surface area contributed by atoms with Gasteiger partial charge in [-0.15, -0.1) is 0 Å². The van der Waals surface area contributed by atoms with Crippen LogP contribution in [0.2, 0.25) is 0 Å². The molecule has 2 rings (SSSR count). The third-order valence-electron chi connectivity index (χ3n) is 3.49. The van der Waals surface area contributed by atoms with Gasteiger partial charge < -0.3 is 5.21 Å². The summed E-state index contributed by atoms with van der Waals surface area (Å²) in [5.74, 6) is 0.193. The van der Waals surface area contributed by atoms with Gasteiger partial charge in [0.25, 0.3) is 0 Å². The van der Waals surface area contributed by atoms with E-state index in [9.17, 15) is 0 Å². The van der Waals surface area contributed by atoms with E-state index < -0.39 is 6.29 Å². The summed E-state index contributed by atoms with van der Waals surface area (Å²) in [5.41, 5.74) is 6.64. The fourth-order valence-electron chi connectivity index (χ4n) is 2.59. The number of nitrogens with one attached hydrogen (secondary N) is 1. The lowest BCUT2D eigenvalue weighted by Gasteiger charge is -2.34. The summed E-state index contributed by atoms with van der Waals surface area (Å²) in [4.78, 5) is 9.29. The van der Waals surface area contributed by atoms with Crippen LogP contribution in [0, 0.1) is 11.3 Å². The average Bonchev–Trinajstić information content (AvgIpc) is 2.39. The molecule has 0 aromatic heterocycles. The molecular weight excluding hydrogens is 234 g/mol. The van der Waals surface area contributed by atoms with Gasteiger partial charge in [-0.2, -0.15) is 5.06 Å². The number of hydroxylamine groups is 2. The Morgan fingerprint density at radius 3 is 2.67 bits per heavy atom. The zero-order valence-corrected chi connectivity index (χ0v) is 10.5. The summed E-state index contributed by atoms with van der Waals surface area (Å²) in [7, 11) is 1.41. The van der Waals surface area contributed by atoms with Gasteiger partial charge >= 0.3 is 0 Å². The molecule has 1 aliphatic heterocycles. The molecule has 100 valence electrons. The van der Waals surface area contributed by atoms with Gasteiger partial charge in [0.2, 0.25) is 0 Å². The Hall–Kier alpha value is -1.47. The molecule has 0 saturated heterocycles. The minimum absolute atomic E-state index is 0.0388. The maximum atomic E-state index is 9.11. The summed E-state index contributed by atoms with van der Waals surface area (Å²) in [6, 6.07) is 0. The lowest BCUT2D eigenvalue weighted by Crippen LogP contribution is -2.54. The summed E-state index contributed by atoms with van der Waals surface area (Å²) < 4.78 is 0. The molecule has 0 aromatic carbocycles. The molecule has 2 aliphatic rings. The van der Waals surface area contributed by atoms with Crippen molar-refractivity contribution in [3.8, 4) is 0 Å². The topological polar surface area (TPSA) is 107 Å². The second kappa shape index (κ2) is 5.45. The van der Waals surface area contributed by atoms with Crippen molar-refractivity contribution in [1.29, 1.82) is 5.41 Å². The number of nitrogens with zero attached hydrogens (tertiary/aromatic N) is 3. The molecule has 1 fully saturated rings. The highest BCUT2D eigenvalue weighted by atomic mass is 16.7. The lowest BCUT2D eigenvalue weighted by atomic mass is 9.83. The lowest BCUT2D eigenvalue weighted by molar-refractivity contribution is -0.0929. The van der Waals surface area contributed by atoms with Crippen molar-refractivity contribution in [2.75, 3.05) is 7.11 Å². The van der Waals surface area contributed by atoms with Crippen LogP contribution >= 0.6 is 0 Å². The van der Waals surface area contributed by atoms with Gasteiger partial charge in [-0.25, -0.2) is 4.99 Å². The summed E-state index contributed by atoms with van der Waals surface area (Å²) in [6.45, 7) is 0. The van der Waals surface area contributed by atoms with Crippen LogP contribution < -0.4 is 5.73 Å². The molecule has 1 aliphatic carbocycles. The van der Waals surface area contributed by atoms with Crippen LogP contribution in [-0.2, 0) is 4.84 Å². The predicted molar refractivity (Wildman–Crippen MR) is 67.8 cm³/mol. The molecule has 7 nitrogen and oxygen atoms in total. The van der Waals surface area contributed by atoms with Crippen LogP contribution in [0.5, 0.6) is 0 Å². The standard InChI is InChI=1S/C11H19N5O2/c1-18-16-10(12)9(15-17)8(14-11(16)13)7-5-3-2-4-6-7/h7,11-12,17H,2-6,13H2,1H3. The SMILES string of the molecule is CON1C(=N)C(=NO)C(C2CCCCC2)=NC1N. The molecule has 1 saturated carbocycles. The Bertz CT molecular complexity index is 387. The smallest absolute Gasteiger partial charge is 0.199 e. The van der Waals surface area contributed by atoms with E-state index in [0.717, 1.165) is 30.7 Å². The number of amidine groups is 1. The first-order valence-corrected chi connectivity index (χ1v) is 6.17. The van der Waals surface area contributed by atoms with Crippen LogP contribution in [0.3, 0.4) is 0 Å². The van der Waals surface area contributed by atoms with Crippen molar-refractivity contribution < 1.29 is 10.0 Å². The van der Waals surface area contributed by atoms with E-state index in [0.29, 0.717) is 5.71 Å². The molecule has 4 N–H and O–H groups in total. The molecule has 0 aromatic rings. The first-order chi connectivity index (χ1) is 8.69. The number of oxime groups is 1. The van der Waals surface area contributed by atoms with Crippen molar-refractivity contribution in [2.24, 2.45) is 21.8 Å². The molecule has 0 amide bonds. The van der Waals surface area contributed by atoms with E-state index in [2.05, 4.69) is 10.1 Å². The minimum Gasteiger partial charge on any atom is -0.410 e. The van der Waals surface area contributed by atoms with Crippen molar-refractivity contribution in [3.05, 3.63) is 0 Å². The monoisotopic (exact) mass is 253 g/mol. The highest BCUT2D eigenvalue weighted by Crippen LogP contribution is 2.27. The molecule has 0 radical (unpaired) electrons. The summed E-state index contributed by atoms with van der Waals surface area (Å²) >= 11 is 0. The Kier molecular flexibility index (Phi) is 3.93. The third-order valence-corrected chi connectivity index (χ3v) is 3.49. The molecule has 1 unspecified atom stereocenters. The Balaban J connectivity index is 2.29. The highest BCUT2D eigenvalue weighted by molar-refractivity contribution is 6.68. The van der Waals surface area contributed by atoms with Gasteiger partial charge in [0, 0.05) is 5.92 Å². The van der Waals surface area contributed by atoms with Gasteiger partial charge in [-0.05, 0) is 12.8 Å². The number of aliphatic imine (C=N–C) groups is 1. The Labute approximate surface area is 106 Å². The van der Waals surface area contributed by atoms with E-state index >= 15 is 0 Å². The van der Waals surface area contributed by atoms with Crippen molar-refractivity contribution in [2.45, 2.75) is 38.4 Å². The molecular formula is C11H19N5O2. The summed E-state index contributed by atoms with van der Waals surface area (Å²) in [6.07, 6.45) is 4.77. The van der Waals surface area contributed by atoms with Crippen molar-refractivity contribution >= 4 is 17.3 Å². The van der Waals surface area contributed by atoms with Gasteiger partial charge in [0.15, 0.2) is 17.8 Å². The first-order valence-electron chi connectivity index (χ1n) is 6.17. The quantitative estimate of drug-likeness (QED) is 0.502. The van der Waals surface area contributed by atoms with Crippen molar-refractivity contribution in [3.63, 3.8) is 0 Å². The predicted octanol–water partition coefficient (Wildman–Crippen LogP) is 0.934. The average molecular weight is 253 g/mol. The van der Waals surface area contributed by atoms with Gasteiger partial charge in [0.1, 0.15) is 0 Å². The second-order valence-electron chi connectivity index (χ2n) is 4.57. The maximum absolute atomic E-state index is 9.11. The molecule has 18 heavy (non-hydrogen) atoms. The van der Waals surface area contributed by atoms with E-state index in [1.807, 2.05) is 0 Å². The van der Waals surface area contributed by atoms with Crippen LogP contribution in [-0.4, -0.2) is 40.9 Å². The largest absolute Gasteiger partial charge is 0.410 e. The molecule has 7 heteroatoms. The number of nitrogens with two attached hydrogens (primary N) is 1. The fourth-order valence-corrected chi connectivity index (χ4v) is 2.59. The number of hydrogen-bond acceptors (Lipinski definition) is 6. The van der Waals surface area contributed by atoms with Gasteiger partial charge in [-0.1, -0.05) is 24.4 Å². The summed E-state index contributed by atoms with van der Waals surface area (Å²) in [5, 5.41) is 21.4. The van der Waals surface area contributed by atoms with Crippen molar-refractivity contribution in [1.82, 2.24) is 5.06 Å². The first kappa shape index (κ1) is 13.0. The van der Waals surface area contributed by atoms with Gasteiger partial charge in [0.05, 0.1) is 12.8 Å². The van der Waals surface area contributed by atoms with E-state index in [1.165, 1.54) is 13.5 Å². The van der Waals surface area contributed by atoms with Gasteiger partial charge in [-0.3, -0.25) is 16.0 Å². The second-order valence-corrected chi connectivity index (χ2v) is 4.57. The third kappa shape index (κ3) is 2.23.